The Kier molecular flexibility index (Phi) is 5.15. The van der Waals surface area contributed by atoms with Gasteiger partial charge in [-0.25, -0.2) is 9.97 Å². The molecule has 5 rings (SSSR count). The van der Waals surface area contributed by atoms with Crippen LogP contribution in [-0.2, 0) is 4.79 Å². The van der Waals surface area contributed by atoms with Gasteiger partial charge in [0.15, 0.2) is 0 Å². The first-order valence-electron chi connectivity index (χ1n) is 10.5. The molecule has 1 aromatic carbocycles. The minimum absolute atomic E-state index is 0.0171. The molecule has 1 amide bonds. The van der Waals surface area contributed by atoms with Crippen molar-refractivity contribution in [1.29, 1.82) is 0 Å². The van der Waals surface area contributed by atoms with Crippen molar-refractivity contribution in [2.75, 3.05) is 31.1 Å². The molecular formula is C23H25ClN4OS. The van der Waals surface area contributed by atoms with E-state index in [2.05, 4.69) is 18.7 Å². The number of alkyl halides is 1. The van der Waals surface area contributed by atoms with Crippen molar-refractivity contribution in [1.82, 2.24) is 14.9 Å². The van der Waals surface area contributed by atoms with E-state index in [0.29, 0.717) is 19.0 Å². The Labute approximate surface area is 185 Å². The summed E-state index contributed by atoms with van der Waals surface area (Å²) < 4.78 is 0. The van der Waals surface area contributed by atoms with Gasteiger partial charge < -0.3 is 9.80 Å². The number of piperazine rings is 1. The summed E-state index contributed by atoms with van der Waals surface area (Å²) in [4.78, 5) is 29.4. The number of halogens is 1. The van der Waals surface area contributed by atoms with Gasteiger partial charge in [-0.15, -0.1) is 22.9 Å². The molecule has 0 spiro atoms. The zero-order valence-corrected chi connectivity index (χ0v) is 18.8. The molecule has 1 atom stereocenters. The smallest absolute Gasteiger partial charge is 0.245 e. The SMILES string of the molecule is Cc1sc2nc(C3CC3)nc(N3CCN(C(=O)C(Cl)c4ccccc4)CC3)c2c1C. The number of carbonyl (C=O) groups is 1. The summed E-state index contributed by atoms with van der Waals surface area (Å²) in [6.45, 7) is 7.14. The second-order valence-electron chi connectivity index (χ2n) is 8.23. The monoisotopic (exact) mass is 440 g/mol. The number of thiophene rings is 1. The van der Waals surface area contributed by atoms with Crippen molar-refractivity contribution in [2.45, 2.75) is 38.0 Å². The minimum atomic E-state index is -0.633. The Morgan fingerprint density at radius 1 is 1.10 bits per heavy atom. The molecule has 5 nitrogen and oxygen atoms in total. The van der Waals surface area contributed by atoms with E-state index in [1.54, 1.807) is 11.3 Å². The molecule has 7 heteroatoms. The van der Waals surface area contributed by atoms with Crippen LogP contribution in [0.2, 0.25) is 0 Å². The first-order chi connectivity index (χ1) is 14.5. The van der Waals surface area contributed by atoms with E-state index in [0.717, 1.165) is 35.1 Å². The van der Waals surface area contributed by atoms with Crippen LogP contribution in [-0.4, -0.2) is 47.0 Å². The lowest BCUT2D eigenvalue weighted by molar-refractivity contribution is -0.131. The predicted octanol–water partition coefficient (Wildman–Crippen LogP) is 4.81. The summed E-state index contributed by atoms with van der Waals surface area (Å²) in [5, 5.41) is 0.549. The predicted molar refractivity (Wildman–Crippen MR) is 123 cm³/mol. The van der Waals surface area contributed by atoms with E-state index >= 15 is 0 Å². The van der Waals surface area contributed by atoms with Crippen molar-refractivity contribution in [3.8, 4) is 0 Å². The number of hydrogen-bond acceptors (Lipinski definition) is 5. The maximum Gasteiger partial charge on any atom is 0.245 e. The highest BCUT2D eigenvalue weighted by Crippen LogP contribution is 2.42. The van der Waals surface area contributed by atoms with E-state index in [1.165, 1.54) is 28.7 Å². The quantitative estimate of drug-likeness (QED) is 0.546. The van der Waals surface area contributed by atoms with Crippen LogP contribution in [0.1, 0.15) is 46.0 Å². The Morgan fingerprint density at radius 3 is 2.47 bits per heavy atom. The molecule has 1 unspecified atom stereocenters. The van der Waals surface area contributed by atoms with Gasteiger partial charge in [-0.05, 0) is 37.8 Å². The highest BCUT2D eigenvalue weighted by molar-refractivity contribution is 7.18. The van der Waals surface area contributed by atoms with Crippen LogP contribution in [0.4, 0.5) is 5.82 Å². The van der Waals surface area contributed by atoms with Crippen LogP contribution in [0, 0.1) is 13.8 Å². The normalized spacial score (nSPS) is 18.1. The maximum atomic E-state index is 12.9. The molecule has 1 aliphatic carbocycles. The number of aromatic nitrogens is 2. The number of fused-ring (bicyclic) bond motifs is 1. The molecule has 2 aliphatic rings. The Morgan fingerprint density at radius 2 is 1.80 bits per heavy atom. The van der Waals surface area contributed by atoms with Crippen LogP contribution < -0.4 is 4.90 Å². The van der Waals surface area contributed by atoms with Gasteiger partial charge in [0, 0.05) is 37.0 Å². The first kappa shape index (κ1) is 19.8. The Hall–Kier alpha value is -2.18. The first-order valence-corrected chi connectivity index (χ1v) is 11.8. The summed E-state index contributed by atoms with van der Waals surface area (Å²) in [5.74, 6) is 2.53. The van der Waals surface area contributed by atoms with E-state index in [4.69, 9.17) is 21.6 Å². The highest BCUT2D eigenvalue weighted by Gasteiger charge is 2.32. The van der Waals surface area contributed by atoms with Crippen molar-refractivity contribution >= 4 is 44.9 Å². The number of amides is 1. The van der Waals surface area contributed by atoms with Crippen LogP contribution in [0.3, 0.4) is 0 Å². The summed E-state index contributed by atoms with van der Waals surface area (Å²) in [5.41, 5.74) is 2.12. The van der Waals surface area contributed by atoms with E-state index in [-0.39, 0.29) is 5.91 Å². The molecule has 0 radical (unpaired) electrons. The topological polar surface area (TPSA) is 49.3 Å². The fraction of sp³-hybridized carbons (Fsp3) is 0.435. The van der Waals surface area contributed by atoms with Crippen molar-refractivity contribution < 1.29 is 4.79 Å². The average molecular weight is 441 g/mol. The van der Waals surface area contributed by atoms with E-state index in [9.17, 15) is 4.79 Å². The van der Waals surface area contributed by atoms with Gasteiger partial charge >= 0.3 is 0 Å². The lowest BCUT2D eigenvalue weighted by Crippen LogP contribution is -2.50. The van der Waals surface area contributed by atoms with Gasteiger partial charge in [0.1, 0.15) is 21.8 Å². The number of nitrogens with zero attached hydrogens (tertiary/aromatic N) is 4. The minimum Gasteiger partial charge on any atom is -0.352 e. The summed E-state index contributed by atoms with van der Waals surface area (Å²) in [6, 6.07) is 9.58. The number of benzene rings is 1. The highest BCUT2D eigenvalue weighted by atomic mass is 35.5. The van der Waals surface area contributed by atoms with Crippen LogP contribution >= 0.6 is 22.9 Å². The van der Waals surface area contributed by atoms with Gasteiger partial charge in [0.2, 0.25) is 5.91 Å². The van der Waals surface area contributed by atoms with Crippen LogP contribution in [0.25, 0.3) is 10.2 Å². The van der Waals surface area contributed by atoms with E-state index < -0.39 is 5.38 Å². The number of rotatable bonds is 4. The fourth-order valence-electron chi connectivity index (χ4n) is 4.06. The molecule has 1 saturated heterocycles. The Bertz CT molecular complexity index is 1090. The van der Waals surface area contributed by atoms with Crippen molar-refractivity contribution in [3.63, 3.8) is 0 Å². The molecule has 30 heavy (non-hydrogen) atoms. The van der Waals surface area contributed by atoms with Crippen molar-refractivity contribution in [2.24, 2.45) is 0 Å². The molecular weight excluding hydrogens is 416 g/mol. The third-order valence-electron chi connectivity index (χ3n) is 6.17. The standard InChI is InChI=1S/C23H25ClN4OS/c1-14-15(2)30-22-18(14)21(25-20(26-22)17-8-9-17)27-10-12-28(13-11-27)23(29)19(24)16-6-4-3-5-7-16/h3-7,17,19H,8-13H2,1-2H3. The zero-order valence-electron chi connectivity index (χ0n) is 17.3. The molecule has 1 aliphatic heterocycles. The fourth-order valence-corrected chi connectivity index (χ4v) is 5.38. The van der Waals surface area contributed by atoms with Crippen LogP contribution in [0.5, 0.6) is 0 Å². The zero-order chi connectivity index (χ0) is 20.8. The summed E-state index contributed by atoms with van der Waals surface area (Å²) >= 11 is 8.25. The summed E-state index contributed by atoms with van der Waals surface area (Å²) in [7, 11) is 0. The van der Waals surface area contributed by atoms with Crippen molar-refractivity contribution in [3.05, 3.63) is 52.2 Å². The molecule has 2 aromatic heterocycles. The van der Waals surface area contributed by atoms with Gasteiger partial charge in [0.25, 0.3) is 0 Å². The lowest BCUT2D eigenvalue weighted by atomic mass is 10.1. The van der Waals surface area contributed by atoms with Gasteiger partial charge in [-0.2, -0.15) is 0 Å². The number of hydrogen-bond donors (Lipinski definition) is 0. The molecule has 0 bridgehead atoms. The second-order valence-corrected chi connectivity index (χ2v) is 9.87. The number of aryl methyl sites for hydroxylation is 2. The average Bonchev–Trinajstić information content (AvgIpc) is 3.59. The maximum absolute atomic E-state index is 12.9. The molecule has 156 valence electrons. The Balaban J connectivity index is 1.37. The van der Waals surface area contributed by atoms with Gasteiger partial charge in [0.05, 0.1) is 5.39 Å². The van der Waals surface area contributed by atoms with Gasteiger partial charge in [-0.1, -0.05) is 30.3 Å². The number of anilines is 1. The van der Waals surface area contributed by atoms with Crippen LogP contribution in [0.15, 0.2) is 30.3 Å². The third-order valence-corrected chi connectivity index (χ3v) is 7.71. The molecule has 3 heterocycles. The molecule has 3 aromatic rings. The van der Waals surface area contributed by atoms with E-state index in [1.807, 2.05) is 35.2 Å². The number of carbonyl (C=O) groups excluding carboxylic acids is 1. The molecule has 1 saturated carbocycles. The summed E-state index contributed by atoms with van der Waals surface area (Å²) in [6.07, 6.45) is 2.38. The third kappa shape index (κ3) is 3.56. The largest absolute Gasteiger partial charge is 0.352 e. The second kappa shape index (κ2) is 7.82. The lowest BCUT2D eigenvalue weighted by Gasteiger charge is -2.36. The molecule has 0 N–H and O–H groups in total. The molecule has 2 fully saturated rings. The van der Waals surface area contributed by atoms with Gasteiger partial charge in [-0.3, -0.25) is 4.79 Å².